The van der Waals surface area contributed by atoms with Crippen LogP contribution in [0, 0.1) is 0 Å². The molecule has 4 nitrogen and oxygen atoms in total. The summed E-state index contributed by atoms with van der Waals surface area (Å²) >= 11 is 3.30. The van der Waals surface area contributed by atoms with Gasteiger partial charge in [0.15, 0.2) is 4.67 Å². The maximum absolute atomic E-state index is 5.52. The molecule has 0 aliphatic rings. The number of hydrogen-bond acceptors (Lipinski definition) is 4. The van der Waals surface area contributed by atoms with E-state index < -0.39 is 0 Å². The summed E-state index contributed by atoms with van der Waals surface area (Å²) in [7, 11) is 1.67. The molecule has 0 spiro atoms. The minimum atomic E-state index is 0.00359. The largest absolute Gasteiger partial charge is 0.468 e. The Morgan fingerprint density at radius 3 is 2.72 bits per heavy atom. The van der Waals surface area contributed by atoms with Gasteiger partial charge in [0.1, 0.15) is 11.5 Å². The van der Waals surface area contributed by atoms with Gasteiger partial charge in [-0.2, -0.15) is 0 Å². The second-order valence-corrected chi connectivity index (χ2v) is 4.84. The lowest BCUT2D eigenvalue weighted by Crippen LogP contribution is -2.27. The van der Waals surface area contributed by atoms with Crippen LogP contribution < -0.4 is 5.32 Å². The molecule has 0 aromatic carbocycles. The first-order valence-corrected chi connectivity index (χ1v) is 6.53. The smallest absolute Gasteiger partial charge is 0.169 e. The summed E-state index contributed by atoms with van der Waals surface area (Å²) in [6.45, 7) is 2.58. The van der Waals surface area contributed by atoms with Crippen LogP contribution in [0.1, 0.15) is 30.5 Å². The van der Waals surface area contributed by atoms with Gasteiger partial charge < -0.3 is 13.6 Å². The summed E-state index contributed by atoms with van der Waals surface area (Å²) in [6, 6.07) is 7.69. The molecule has 2 heterocycles. The molecule has 0 fully saturated rings. The fourth-order valence-corrected chi connectivity index (χ4v) is 2.13. The molecular weight excluding hydrogens is 298 g/mol. The Bertz CT molecular complexity index is 466. The summed E-state index contributed by atoms with van der Waals surface area (Å²) in [5, 5.41) is 3.42. The maximum atomic E-state index is 5.52. The van der Waals surface area contributed by atoms with Crippen LogP contribution in [0.3, 0.4) is 0 Å². The van der Waals surface area contributed by atoms with Gasteiger partial charge in [-0.1, -0.05) is 0 Å². The molecule has 1 N–H and O–H groups in total. The molecular formula is C13H16BrNO3. The zero-order valence-corrected chi connectivity index (χ0v) is 11.9. The Labute approximate surface area is 114 Å². The van der Waals surface area contributed by atoms with Gasteiger partial charge in [0.05, 0.1) is 25.0 Å². The first-order valence-electron chi connectivity index (χ1n) is 5.74. The van der Waals surface area contributed by atoms with Gasteiger partial charge in [-0.25, -0.2) is 0 Å². The molecule has 0 unspecified atom stereocenters. The molecule has 5 heteroatoms. The summed E-state index contributed by atoms with van der Waals surface area (Å²) in [6.07, 6.45) is 1.66. The molecule has 2 aromatic rings. The van der Waals surface area contributed by atoms with Gasteiger partial charge in [-0.15, -0.1) is 0 Å². The number of halogens is 1. The second kappa shape index (κ2) is 6.22. The number of methoxy groups -OCH3 is 1. The summed E-state index contributed by atoms with van der Waals surface area (Å²) < 4.78 is 16.9. The third-order valence-electron chi connectivity index (χ3n) is 2.69. The average Bonchev–Trinajstić information content (AvgIpc) is 2.98. The lowest BCUT2D eigenvalue weighted by molar-refractivity contribution is 0.150. The van der Waals surface area contributed by atoms with Crippen molar-refractivity contribution in [1.82, 2.24) is 5.32 Å². The standard InChI is InChI=1S/C13H16BrNO3/c1-9(11-5-6-13(14)18-11)15-10(8-16-2)12-4-3-7-17-12/h3-7,9-10,15H,8H2,1-2H3/t9-,10+/m0/s1. The van der Waals surface area contributed by atoms with Crippen molar-refractivity contribution in [2.24, 2.45) is 0 Å². The van der Waals surface area contributed by atoms with Crippen LogP contribution in [0.5, 0.6) is 0 Å². The van der Waals surface area contributed by atoms with Crippen LogP contribution in [-0.4, -0.2) is 13.7 Å². The van der Waals surface area contributed by atoms with Crippen LogP contribution in [0.2, 0.25) is 0 Å². The van der Waals surface area contributed by atoms with Crippen molar-refractivity contribution in [1.29, 1.82) is 0 Å². The Balaban J connectivity index is 2.05. The molecule has 0 saturated heterocycles. The zero-order valence-electron chi connectivity index (χ0n) is 10.4. The Hall–Kier alpha value is -1.04. The molecule has 2 rings (SSSR count). The zero-order chi connectivity index (χ0) is 13.0. The molecule has 2 atom stereocenters. The summed E-state index contributed by atoms with van der Waals surface area (Å²) in [4.78, 5) is 0. The molecule has 0 bridgehead atoms. The predicted molar refractivity (Wildman–Crippen MR) is 71.3 cm³/mol. The number of ether oxygens (including phenoxy) is 1. The van der Waals surface area contributed by atoms with Crippen molar-refractivity contribution in [3.05, 3.63) is 46.7 Å². The van der Waals surface area contributed by atoms with E-state index in [1.165, 1.54) is 0 Å². The molecule has 0 radical (unpaired) electrons. The molecule has 2 aromatic heterocycles. The highest BCUT2D eigenvalue weighted by atomic mass is 79.9. The van der Waals surface area contributed by atoms with Crippen molar-refractivity contribution in [3.63, 3.8) is 0 Å². The van der Waals surface area contributed by atoms with Crippen molar-refractivity contribution >= 4 is 15.9 Å². The van der Waals surface area contributed by atoms with Crippen LogP contribution >= 0.6 is 15.9 Å². The topological polar surface area (TPSA) is 47.5 Å². The van der Waals surface area contributed by atoms with Crippen LogP contribution in [0.4, 0.5) is 0 Å². The molecule has 0 saturated carbocycles. The summed E-state index contributed by atoms with van der Waals surface area (Å²) in [5.74, 6) is 1.73. The molecule has 0 aliphatic carbocycles. The monoisotopic (exact) mass is 313 g/mol. The molecule has 0 amide bonds. The van der Waals surface area contributed by atoms with E-state index in [2.05, 4.69) is 21.2 Å². The number of nitrogens with one attached hydrogen (secondary N) is 1. The molecule has 18 heavy (non-hydrogen) atoms. The Morgan fingerprint density at radius 1 is 1.33 bits per heavy atom. The quantitative estimate of drug-likeness (QED) is 0.884. The summed E-state index contributed by atoms with van der Waals surface area (Å²) in [5.41, 5.74) is 0. The van der Waals surface area contributed by atoms with Crippen LogP contribution in [-0.2, 0) is 4.74 Å². The van der Waals surface area contributed by atoms with Crippen molar-refractivity contribution in [2.75, 3.05) is 13.7 Å². The lowest BCUT2D eigenvalue weighted by Gasteiger charge is -2.19. The normalized spacial score (nSPS) is 14.6. The van der Waals surface area contributed by atoms with Crippen LogP contribution in [0.15, 0.2) is 44.0 Å². The SMILES string of the molecule is COC[C@@H](N[C@@H](C)c1ccc(Br)o1)c1ccco1. The third kappa shape index (κ3) is 3.25. The van der Waals surface area contributed by atoms with Gasteiger partial charge in [0.2, 0.25) is 0 Å². The molecule has 0 aliphatic heterocycles. The fraction of sp³-hybridized carbons (Fsp3) is 0.385. The Kier molecular flexibility index (Phi) is 4.63. The first kappa shape index (κ1) is 13.4. The van der Waals surface area contributed by atoms with Crippen molar-refractivity contribution < 1.29 is 13.6 Å². The van der Waals surface area contributed by atoms with E-state index in [4.69, 9.17) is 13.6 Å². The highest BCUT2D eigenvalue weighted by molar-refractivity contribution is 9.10. The highest BCUT2D eigenvalue weighted by Crippen LogP contribution is 2.23. The van der Waals surface area contributed by atoms with E-state index in [1.807, 2.05) is 31.2 Å². The highest BCUT2D eigenvalue weighted by Gasteiger charge is 2.19. The van der Waals surface area contributed by atoms with E-state index in [-0.39, 0.29) is 12.1 Å². The van der Waals surface area contributed by atoms with E-state index in [9.17, 15) is 0 Å². The predicted octanol–water partition coefficient (Wildman–Crippen LogP) is 3.67. The maximum Gasteiger partial charge on any atom is 0.169 e. The third-order valence-corrected chi connectivity index (χ3v) is 3.12. The lowest BCUT2D eigenvalue weighted by atomic mass is 10.2. The van der Waals surface area contributed by atoms with Gasteiger partial charge in [-0.05, 0) is 47.1 Å². The minimum absolute atomic E-state index is 0.00359. The van der Waals surface area contributed by atoms with Gasteiger partial charge in [-0.3, -0.25) is 5.32 Å². The van der Waals surface area contributed by atoms with Crippen molar-refractivity contribution in [2.45, 2.75) is 19.0 Å². The Morgan fingerprint density at radius 2 is 2.17 bits per heavy atom. The van der Waals surface area contributed by atoms with E-state index >= 15 is 0 Å². The van der Waals surface area contributed by atoms with Crippen LogP contribution in [0.25, 0.3) is 0 Å². The first-order chi connectivity index (χ1) is 8.70. The van der Waals surface area contributed by atoms with E-state index in [0.717, 1.165) is 16.2 Å². The average molecular weight is 314 g/mol. The van der Waals surface area contributed by atoms with E-state index in [0.29, 0.717) is 6.61 Å². The van der Waals surface area contributed by atoms with E-state index in [1.54, 1.807) is 13.4 Å². The second-order valence-electron chi connectivity index (χ2n) is 4.05. The van der Waals surface area contributed by atoms with Gasteiger partial charge >= 0.3 is 0 Å². The minimum Gasteiger partial charge on any atom is -0.468 e. The van der Waals surface area contributed by atoms with Crippen molar-refractivity contribution in [3.8, 4) is 0 Å². The number of furan rings is 2. The fourth-order valence-electron chi connectivity index (χ4n) is 1.81. The van der Waals surface area contributed by atoms with Gasteiger partial charge in [0, 0.05) is 7.11 Å². The molecule has 98 valence electrons. The number of hydrogen-bond donors (Lipinski definition) is 1. The number of rotatable bonds is 6. The van der Waals surface area contributed by atoms with Gasteiger partial charge in [0.25, 0.3) is 0 Å².